The van der Waals surface area contributed by atoms with Crippen LogP contribution < -0.4 is 19.6 Å². The monoisotopic (exact) mass is 624 g/mol. The molecule has 16 nitrogen and oxygen atoms in total. The molecule has 44 heavy (non-hydrogen) atoms. The van der Waals surface area contributed by atoms with Crippen molar-refractivity contribution in [3.63, 3.8) is 0 Å². The minimum absolute atomic E-state index is 0.0131. The van der Waals surface area contributed by atoms with Gasteiger partial charge in [0.2, 0.25) is 17.5 Å². The molecular formula is C28H32O16. The number of aliphatic hydroxyl groups excluding tert-OH is 6. The number of phenolic OH excluding ortho intramolecular Hbond substituents is 2. The van der Waals surface area contributed by atoms with E-state index in [4.69, 9.17) is 32.8 Å². The zero-order valence-corrected chi connectivity index (χ0v) is 23.3. The molecule has 9 atom stereocenters. The van der Waals surface area contributed by atoms with Gasteiger partial charge in [0.05, 0.1) is 27.4 Å². The number of benzene rings is 2. The largest absolute Gasteiger partial charge is 0.507 e. The highest BCUT2D eigenvalue weighted by Gasteiger charge is 2.50. The van der Waals surface area contributed by atoms with Crippen LogP contribution in [0.1, 0.15) is 0 Å². The predicted octanol–water partition coefficient (Wildman–Crippen LogP) is -1.47. The molecule has 0 radical (unpaired) electrons. The van der Waals surface area contributed by atoms with E-state index >= 15 is 0 Å². The Morgan fingerprint density at radius 2 is 1.61 bits per heavy atom. The fourth-order valence-corrected chi connectivity index (χ4v) is 4.98. The van der Waals surface area contributed by atoms with Crippen LogP contribution >= 0.6 is 0 Å². The molecule has 0 bridgehead atoms. The van der Waals surface area contributed by atoms with Gasteiger partial charge in [0.15, 0.2) is 23.5 Å². The number of aliphatic hydroxyl groups is 6. The topological polar surface area (TPSA) is 247 Å². The van der Waals surface area contributed by atoms with Crippen molar-refractivity contribution in [2.75, 3.05) is 27.4 Å². The van der Waals surface area contributed by atoms with E-state index in [-0.39, 0.29) is 39.5 Å². The number of hydrogen-bond donors (Lipinski definition) is 8. The first-order valence-electron chi connectivity index (χ1n) is 13.3. The fourth-order valence-electron chi connectivity index (χ4n) is 4.98. The van der Waals surface area contributed by atoms with Gasteiger partial charge in [0.25, 0.3) is 0 Å². The molecule has 16 heteroatoms. The predicted molar refractivity (Wildman–Crippen MR) is 145 cm³/mol. The van der Waals surface area contributed by atoms with E-state index in [1.165, 1.54) is 44.6 Å². The van der Waals surface area contributed by atoms with Crippen LogP contribution in [0, 0.1) is 0 Å². The number of aromatic hydroxyl groups is 2. The summed E-state index contributed by atoms with van der Waals surface area (Å²) in [7, 11) is 2.65. The van der Waals surface area contributed by atoms with Crippen molar-refractivity contribution in [2.45, 2.75) is 55.3 Å². The van der Waals surface area contributed by atoms with Crippen LogP contribution in [0.25, 0.3) is 22.3 Å². The minimum atomic E-state index is -1.94. The highest BCUT2D eigenvalue weighted by Crippen LogP contribution is 2.40. The molecule has 0 spiro atoms. The lowest BCUT2D eigenvalue weighted by Gasteiger charge is -2.44. The number of methoxy groups -OCH3 is 2. The second-order valence-electron chi connectivity index (χ2n) is 10.2. The van der Waals surface area contributed by atoms with Gasteiger partial charge >= 0.3 is 0 Å². The first-order chi connectivity index (χ1) is 21.0. The average Bonchev–Trinajstić information content (AvgIpc) is 3.01. The smallest absolute Gasteiger partial charge is 0.239 e. The van der Waals surface area contributed by atoms with Crippen molar-refractivity contribution in [1.29, 1.82) is 0 Å². The standard InChI is InChI=1S/C28H32O16/c1-38-11-6-13(31)18-16(7-11)41-24(10-3-4-12(30)15(5-10)39-2)26(20(18)34)44-28-23(37)21(35)25(17(8-29)42-28)43-27-22(36)19(33)14(32)9-40-27/h3-7,14,17,19,21-23,25,27-33,35-37H,8-9H2,1-2H3. The van der Waals surface area contributed by atoms with Crippen molar-refractivity contribution >= 4 is 11.0 Å². The highest BCUT2D eigenvalue weighted by molar-refractivity contribution is 5.88. The molecule has 3 aromatic rings. The van der Waals surface area contributed by atoms with Crippen LogP contribution in [-0.4, -0.2) is 124 Å². The normalized spacial score (nSPS) is 30.7. The fraction of sp³-hybridized carbons (Fsp3) is 0.464. The summed E-state index contributed by atoms with van der Waals surface area (Å²) in [6, 6.07) is 6.49. The first kappa shape index (κ1) is 31.7. The maximum Gasteiger partial charge on any atom is 0.239 e. The van der Waals surface area contributed by atoms with E-state index in [1.807, 2.05) is 0 Å². The van der Waals surface area contributed by atoms with E-state index in [1.54, 1.807) is 0 Å². The Bertz CT molecular complexity index is 1540. The zero-order chi connectivity index (χ0) is 31.9. The number of fused-ring (bicyclic) bond motifs is 1. The average molecular weight is 625 g/mol. The Morgan fingerprint density at radius 3 is 2.30 bits per heavy atom. The van der Waals surface area contributed by atoms with E-state index in [9.17, 15) is 45.6 Å². The Labute approximate surface area is 248 Å². The maximum absolute atomic E-state index is 13.8. The van der Waals surface area contributed by atoms with Crippen LogP contribution in [0.3, 0.4) is 0 Å². The number of rotatable bonds is 8. The highest BCUT2D eigenvalue weighted by atomic mass is 16.7. The van der Waals surface area contributed by atoms with Gasteiger partial charge in [-0.1, -0.05) is 0 Å². The molecule has 2 aliphatic rings. The minimum Gasteiger partial charge on any atom is -0.507 e. The van der Waals surface area contributed by atoms with E-state index in [0.29, 0.717) is 0 Å². The Balaban J connectivity index is 1.52. The lowest BCUT2D eigenvalue weighted by Crippen LogP contribution is -2.63. The number of ether oxygens (including phenoxy) is 6. The van der Waals surface area contributed by atoms with Gasteiger partial charge in [-0.05, 0) is 18.2 Å². The molecule has 5 rings (SSSR count). The molecule has 240 valence electrons. The molecule has 0 amide bonds. The van der Waals surface area contributed by atoms with E-state index in [0.717, 1.165) is 0 Å². The third-order valence-electron chi connectivity index (χ3n) is 7.38. The molecule has 0 aliphatic carbocycles. The van der Waals surface area contributed by atoms with Crippen LogP contribution in [0.4, 0.5) is 0 Å². The van der Waals surface area contributed by atoms with Gasteiger partial charge < -0.3 is 73.7 Å². The maximum atomic E-state index is 13.8. The number of hydrogen-bond acceptors (Lipinski definition) is 16. The summed E-state index contributed by atoms with van der Waals surface area (Å²) in [5, 5.41) is 82.2. The summed E-state index contributed by atoms with van der Waals surface area (Å²) in [5.74, 6) is -1.38. The van der Waals surface area contributed by atoms with E-state index < -0.39 is 85.4 Å². The Kier molecular flexibility index (Phi) is 9.17. The van der Waals surface area contributed by atoms with Gasteiger partial charge in [-0.25, -0.2) is 0 Å². The molecule has 9 unspecified atom stereocenters. The van der Waals surface area contributed by atoms with E-state index in [2.05, 4.69) is 0 Å². The van der Waals surface area contributed by atoms with Gasteiger partial charge in [-0.3, -0.25) is 4.79 Å². The van der Waals surface area contributed by atoms with Crippen LogP contribution in [0.2, 0.25) is 0 Å². The lowest BCUT2D eigenvalue weighted by atomic mass is 9.98. The van der Waals surface area contributed by atoms with Gasteiger partial charge in [-0.2, -0.15) is 0 Å². The molecule has 2 aliphatic heterocycles. The summed E-state index contributed by atoms with van der Waals surface area (Å²) in [6.07, 6.45) is -15.0. The Hall–Kier alpha value is -3.71. The number of phenols is 2. The molecule has 2 fully saturated rings. The molecule has 2 aromatic carbocycles. The summed E-state index contributed by atoms with van der Waals surface area (Å²) in [5.41, 5.74) is -0.860. The summed E-state index contributed by atoms with van der Waals surface area (Å²) in [4.78, 5) is 13.8. The molecule has 8 N–H and O–H groups in total. The quantitative estimate of drug-likeness (QED) is 0.142. The van der Waals surface area contributed by atoms with Crippen LogP contribution in [-0.2, 0) is 14.2 Å². The zero-order valence-electron chi connectivity index (χ0n) is 23.3. The second kappa shape index (κ2) is 12.7. The third kappa shape index (κ3) is 5.74. The molecule has 0 saturated carbocycles. The van der Waals surface area contributed by atoms with Gasteiger partial charge in [0, 0.05) is 17.7 Å². The summed E-state index contributed by atoms with van der Waals surface area (Å²) < 4.78 is 38.5. The lowest BCUT2D eigenvalue weighted by molar-refractivity contribution is -0.339. The van der Waals surface area contributed by atoms with Gasteiger partial charge in [-0.15, -0.1) is 0 Å². The van der Waals surface area contributed by atoms with Crippen molar-refractivity contribution in [3.05, 3.63) is 40.6 Å². The summed E-state index contributed by atoms with van der Waals surface area (Å²) in [6.45, 7) is -1.22. The SMILES string of the molecule is COc1cc(O)c2c(=O)c(OC3OC(CO)C(OC4OCC(O)C(O)C4O)C(O)C3O)c(-c3ccc(O)c(OC)c3)oc2c1. The Morgan fingerprint density at radius 1 is 0.886 bits per heavy atom. The van der Waals surface area contributed by atoms with Crippen molar-refractivity contribution in [3.8, 4) is 40.1 Å². The molecular weight excluding hydrogens is 592 g/mol. The van der Waals surface area contributed by atoms with Crippen molar-refractivity contribution < 1.29 is 73.7 Å². The molecule has 1 aromatic heterocycles. The first-order valence-corrected chi connectivity index (χ1v) is 13.3. The van der Waals surface area contributed by atoms with Crippen molar-refractivity contribution in [2.24, 2.45) is 0 Å². The summed E-state index contributed by atoms with van der Waals surface area (Å²) >= 11 is 0. The van der Waals surface area contributed by atoms with Crippen LogP contribution in [0.15, 0.2) is 39.5 Å². The third-order valence-corrected chi connectivity index (χ3v) is 7.38. The second-order valence-corrected chi connectivity index (χ2v) is 10.2. The molecule has 2 saturated heterocycles. The van der Waals surface area contributed by atoms with Gasteiger partial charge in [0.1, 0.15) is 65.2 Å². The van der Waals surface area contributed by atoms with Crippen molar-refractivity contribution in [1.82, 2.24) is 0 Å². The molecule has 3 heterocycles. The van der Waals surface area contributed by atoms with Crippen LogP contribution in [0.5, 0.6) is 28.7 Å².